The lowest BCUT2D eigenvalue weighted by Gasteiger charge is -2.06. The van der Waals surface area contributed by atoms with Crippen molar-refractivity contribution in [3.8, 4) is 11.5 Å². The summed E-state index contributed by atoms with van der Waals surface area (Å²) in [6, 6.07) is 13.9. The Kier molecular flexibility index (Phi) is 3.21. The fourth-order valence-corrected chi connectivity index (χ4v) is 2.05. The first kappa shape index (κ1) is 12.4. The van der Waals surface area contributed by atoms with Crippen LogP contribution in [0.3, 0.4) is 0 Å². The molecule has 0 aliphatic rings. The Hall–Kier alpha value is -2.62. The van der Waals surface area contributed by atoms with Gasteiger partial charge in [0.15, 0.2) is 5.76 Å². The van der Waals surface area contributed by atoms with Crippen molar-refractivity contribution in [3.63, 3.8) is 0 Å². The van der Waals surface area contributed by atoms with E-state index in [9.17, 15) is 0 Å². The molecule has 0 saturated carbocycles. The molecule has 0 aliphatic heterocycles. The van der Waals surface area contributed by atoms with E-state index >= 15 is 0 Å². The van der Waals surface area contributed by atoms with Crippen LogP contribution in [-0.4, -0.2) is 9.97 Å². The SMILES string of the molecule is Cc1ccc(-c2cnc(N)c(Cc3ccccc3)n2)o1. The van der Waals surface area contributed by atoms with Crippen LogP contribution in [0.25, 0.3) is 11.5 Å². The van der Waals surface area contributed by atoms with Gasteiger partial charge in [0.2, 0.25) is 0 Å². The number of aromatic nitrogens is 2. The molecule has 2 N–H and O–H groups in total. The zero-order valence-electron chi connectivity index (χ0n) is 11.2. The number of nitrogens with zero attached hydrogens (tertiary/aromatic N) is 2. The molecule has 2 aromatic heterocycles. The van der Waals surface area contributed by atoms with Gasteiger partial charge in [-0.05, 0) is 24.6 Å². The lowest BCUT2D eigenvalue weighted by atomic mass is 10.1. The van der Waals surface area contributed by atoms with Crippen molar-refractivity contribution in [2.75, 3.05) is 5.73 Å². The van der Waals surface area contributed by atoms with Gasteiger partial charge in [-0.3, -0.25) is 0 Å². The molecule has 0 radical (unpaired) electrons. The highest BCUT2D eigenvalue weighted by molar-refractivity contribution is 5.54. The van der Waals surface area contributed by atoms with Crippen LogP contribution in [-0.2, 0) is 6.42 Å². The Morgan fingerprint density at radius 2 is 1.90 bits per heavy atom. The number of nitrogens with two attached hydrogens (primary N) is 1. The fraction of sp³-hybridized carbons (Fsp3) is 0.125. The Bertz CT molecular complexity index is 720. The zero-order valence-corrected chi connectivity index (χ0v) is 11.2. The molecular formula is C16H15N3O. The molecule has 0 bridgehead atoms. The van der Waals surface area contributed by atoms with Crippen molar-refractivity contribution in [1.29, 1.82) is 0 Å². The van der Waals surface area contributed by atoms with E-state index in [0.717, 1.165) is 17.0 Å². The molecule has 100 valence electrons. The predicted molar refractivity (Wildman–Crippen MR) is 78.1 cm³/mol. The van der Waals surface area contributed by atoms with Crippen molar-refractivity contribution in [1.82, 2.24) is 9.97 Å². The number of aryl methyl sites for hydroxylation is 1. The van der Waals surface area contributed by atoms with Crippen LogP contribution in [0.15, 0.2) is 53.1 Å². The van der Waals surface area contributed by atoms with E-state index in [-0.39, 0.29) is 0 Å². The highest BCUT2D eigenvalue weighted by atomic mass is 16.3. The van der Waals surface area contributed by atoms with Gasteiger partial charge in [0, 0.05) is 6.42 Å². The number of anilines is 1. The van der Waals surface area contributed by atoms with Crippen LogP contribution in [0.2, 0.25) is 0 Å². The molecule has 0 unspecified atom stereocenters. The molecule has 0 amide bonds. The summed E-state index contributed by atoms with van der Waals surface area (Å²) in [5.41, 5.74) is 8.54. The second-order valence-electron chi connectivity index (χ2n) is 4.66. The van der Waals surface area contributed by atoms with Gasteiger partial charge < -0.3 is 10.2 Å². The number of hydrogen-bond donors (Lipinski definition) is 1. The number of furan rings is 1. The third-order valence-electron chi connectivity index (χ3n) is 3.08. The van der Waals surface area contributed by atoms with Crippen LogP contribution >= 0.6 is 0 Å². The molecule has 1 aromatic carbocycles. The quantitative estimate of drug-likeness (QED) is 0.789. The monoisotopic (exact) mass is 265 g/mol. The lowest BCUT2D eigenvalue weighted by Crippen LogP contribution is -2.03. The Morgan fingerprint density at radius 3 is 2.60 bits per heavy atom. The second kappa shape index (κ2) is 5.17. The third-order valence-corrected chi connectivity index (χ3v) is 3.08. The van der Waals surface area contributed by atoms with Gasteiger partial charge in [-0.25, -0.2) is 9.97 Å². The van der Waals surface area contributed by atoms with E-state index in [2.05, 4.69) is 9.97 Å². The molecule has 0 spiro atoms. The molecule has 0 saturated heterocycles. The van der Waals surface area contributed by atoms with E-state index in [1.54, 1.807) is 6.20 Å². The maximum atomic E-state index is 5.92. The van der Waals surface area contributed by atoms with Crippen molar-refractivity contribution < 1.29 is 4.42 Å². The topological polar surface area (TPSA) is 64.9 Å². The van der Waals surface area contributed by atoms with E-state index in [1.165, 1.54) is 0 Å². The summed E-state index contributed by atoms with van der Waals surface area (Å²) >= 11 is 0. The summed E-state index contributed by atoms with van der Waals surface area (Å²) in [7, 11) is 0. The van der Waals surface area contributed by atoms with Gasteiger partial charge in [0.1, 0.15) is 17.3 Å². The average Bonchev–Trinajstić information content (AvgIpc) is 2.89. The Morgan fingerprint density at radius 1 is 1.10 bits per heavy atom. The summed E-state index contributed by atoms with van der Waals surface area (Å²) in [6.45, 7) is 1.90. The van der Waals surface area contributed by atoms with E-state index in [1.807, 2.05) is 49.4 Å². The molecule has 0 aliphatic carbocycles. The highest BCUT2D eigenvalue weighted by Crippen LogP contribution is 2.22. The van der Waals surface area contributed by atoms with Gasteiger partial charge in [-0.2, -0.15) is 0 Å². The van der Waals surface area contributed by atoms with Crippen LogP contribution in [0.4, 0.5) is 5.82 Å². The molecular weight excluding hydrogens is 250 g/mol. The minimum absolute atomic E-state index is 0.459. The van der Waals surface area contributed by atoms with Gasteiger partial charge in [0.25, 0.3) is 0 Å². The fourth-order valence-electron chi connectivity index (χ4n) is 2.05. The molecule has 20 heavy (non-hydrogen) atoms. The van der Waals surface area contributed by atoms with Crippen molar-refractivity contribution in [3.05, 3.63) is 65.7 Å². The van der Waals surface area contributed by atoms with Gasteiger partial charge >= 0.3 is 0 Å². The molecule has 4 nitrogen and oxygen atoms in total. The predicted octanol–water partition coefficient (Wildman–Crippen LogP) is 3.22. The van der Waals surface area contributed by atoms with Crippen LogP contribution in [0, 0.1) is 6.92 Å². The normalized spacial score (nSPS) is 10.7. The van der Waals surface area contributed by atoms with Crippen molar-refractivity contribution >= 4 is 5.82 Å². The van der Waals surface area contributed by atoms with Crippen molar-refractivity contribution in [2.45, 2.75) is 13.3 Å². The zero-order chi connectivity index (χ0) is 13.9. The lowest BCUT2D eigenvalue weighted by molar-refractivity contribution is 0.546. The Balaban J connectivity index is 1.95. The standard InChI is InChI=1S/C16H15N3O/c1-11-7-8-15(20-11)14-10-18-16(17)13(19-14)9-12-5-3-2-4-6-12/h2-8,10H,9H2,1H3,(H2,17,18). The molecule has 0 fully saturated rings. The van der Waals surface area contributed by atoms with Crippen LogP contribution < -0.4 is 5.73 Å². The molecule has 3 rings (SSSR count). The number of nitrogen functional groups attached to an aromatic ring is 1. The summed E-state index contributed by atoms with van der Waals surface area (Å²) in [6.07, 6.45) is 2.30. The maximum absolute atomic E-state index is 5.92. The van der Waals surface area contributed by atoms with Gasteiger partial charge in [-0.1, -0.05) is 30.3 Å². The summed E-state index contributed by atoms with van der Waals surface area (Å²) in [4.78, 5) is 8.79. The van der Waals surface area contributed by atoms with E-state index in [0.29, 0.717) is 23.7 Å². The third kappa shape index (κ3) is 2.54. The van der Waals surface area contributed by atoms with E-state index < -0.39 is 0 Å². The highest BCUT2D eigenvalue weighted by Gasteiger charge is 2.09. The van der Waals surface area contributed by atoms with Crippen LogP contribution in [0.5, 0.6) is 0 Å². The molecule has 2 heterocycles. The van der Waals surface area contributed by atoms with E-state index in [4.69, 9.17) is 10.2 Å². The maximum Gasteiger partial charge on any atom is 0.154 e. The number of rotatable bonds is 3. The number of hydrogen-bond acceptors (Lipinski definition) is 4. The first-order valence-corrected chi connectivity index (χ1v) is 6.44. The molecule has 4 heteroatoms. The summed E-state index contributed by atoms with van der Waals surface area (Å²) in [5.74, 6) is 2.02. The second-order valence-corrected chi connectivity index (χ2v) is 4.66. The molecule has 0 atom stereocenters. The first-order chi connectivity index (χ1) is 9.72. The van der Waals surface area contributed by atoms with Crippen molar-refractivity contribution in [2.24, 2.45) is 0 Å². The number of benzene rings is 1. The van der Waals surface area contributed by atoms with Crippen LogP contribution in [0.1, 0.15) is 17.0 Å². The summed E-state index contributed by atoms with van der Waals surface area (Å²) < 4.78 is 5.57. The minimum atomic E-state index is 0.459. The molecule has 3 aromatic rings. The first-order valence-electron chi connectivity index (χ1n) is 6.44. The van der Waals surface area contributed by atoms with Gasteiger partial charge in [0.05, 0.1) is 11.9 Å². The average molecular weight is 265 g/mol. The van der Waals surface area contributed by atoms with Gasteiger partial charge in [-0.15, -0.1) is 0 Å². The Labute approximate surface area is 117 Å². The minimum Gasteiger partial charge on any atom is -0.460 e. The summed E-state index contributed by atoms with van der Waals surface area (Å²) in [5, 5.41) is 0. The largest absolute Gasteiger partial charge is 0.460 e. The smallest absolute Gasteiger partial charge is 0.154 e.